The lowest BCUT2D eigenvalue weighted by Gasteiger charge is -2.20. The largest absolute Gasteiger partial charge is 0.497 e. The number of esters is 1. The molecule has 0 radical (unpaired) electrons. The lowest BCUT2D eigenvalue weighted by atomic mass is 9.95. The predicted octanol–water partition coefficient (Wildman–Crippen LogP) is 1.32. The summed E-state index contributed by atoms with van der Waals surface area (Å²) >= 11 is 0. The molecule has 2 unspecified atom stereocenters. The Morgan fingerprint density at radius 3 is 2.63 bits per heavy atom. The van der Waals surface area contributed by atoms with Crippen molar-refractivity contribution in [3.63, 3.8) is 0 Å². The van der Waals surface area contributed by atoms with Crippen LogP contribution in [-0.4, -0.2) is 31.3 Å². The van der Waals surface area contributed by atoms with Crippen LogP contribution in [0.3, 0.4) is 0 Å². The summed E-state index contributed by atoms with van der Waals surface area (Å²) in [6.07, 6.45) is -0.237. The van der Waals surface area contributed by atoms with E-state index in [4.69, 9.17) is 10.5 Å². The minimum absolute atomic E-state index is 0.198. The van der Waals surface area contributed by atoms with E-state index in [9.17, 15) is 9.90 Å². The van der Waals surface area contributed by atoms with Gasteiger partial charge in [-0.25, -0.2) is 0 Å². The number of aliphatic hydroxyl groups excluding tert-OH is 1. The first kappa shape index (κ1) is 15.5. The lowest BCUT2D eigenvalue weighted by molar-refractivity contribution is -0.140. The minimum Gasteiger partial charge on any atom is -0.497 e. The summed E-state index contributed by atoms with van der Waals surface area (Å²) in [6.45, 7) is 1.88. The Hall–Kier alpha value is -1.59. The van der Waals surface area contributed by atoms with Gasteiger partial charge in [0.1, 0.15) is 5.75 Å². The van der Waals surface area contributed by atoms with Crippen LogP contribution in [0.25, 0.3) is 0 Å². The zero-order chi connectivity index (χ0) is 14.4. The van der Waals surface area contributed by atoms with E-state index in [1.165, 1.54) is 7.11 Å². The number of aliphatic hydroxyl groups is 1. The van der Waals surface area contributed by atoms with Crippen molar-refractivity contribution >= 4 is 5.97 Å². The molecule has 0 saturated carbocycles. The first-order chi connectivity index (χ1) is 8.99. The number of nitrogens with two attached hydrogens (primary N) is 1. The van der Waals surface area contributed by atoms with Gasteiger partial charge in [-0.3, -0.25) is 4.79 Å². The predicted molar refractivity (Wildman–Crippen MR) is 71.9 cm³/mol. The Labute approximate surface area is 113 Å². The molecule has 3 N–H and O–H groups in total. The van der Waals surface area contributed by atoms with Gasteiger partial charge in [0.25, 0.3) is 0 Å². The molecule has 1 aromatic rings. The minimum atomic E-state index is -0.810. The molecule has 0 aliphatic heterocycles. The molecule has 5 heteroatoms. The number of aryl methyl sites for hydroxylation is 1. The summed E-state index contributed by atoms with van der Waals surface area (Å²) in [5.74, 6) is 0.408. The van der Waals surface area contributed by atoms with E-state index in [1.54, 1.807) is 19.2 Å². The van der Waals surface area contributed by atoms with Crippen LogP contribution in [0.15, 0.2) is 18.2 Å². The van der Waals surface area contributed by atoms with Gasteiger partial charge in [0, 0.05) is 12.5 Å². The van der Waals surface area contributed by atoms with E-state index in [1.807, 2.05) is 13.0 Å². The number of benzene rings is 1. The molecule has 1 rings (SSSR count). The maximum Gasteiger partial charge on any atom is 0.305 e. The average molecular weight is 267 g/mol. The van der Waals surface area contributed by atoms with Gasteiger partial charge < -0.3 is 20.3 Å². The molecule has 0 amide bonds. The van der Waals surface area contributed by atoms with Gasteiger partial charge in [-0.15, -0.1) is 0 Å². The van der Waals surface area contributed by atoms with E-state index in [2.05, 4.69) is 4.74 Å². The van der Waals surface area contributed by atoms with Gasteiger partial charge in [-0.05, 0) is 36.6 Å². The zero-order valence-electron chi connectivity index (χ0n) is 11.6. The highest BCUT2D eigenvalue weighted by Crippen LogP contribution is 2.25. The Kier molecular flexibility index (Phi) is 5.79. The fourth-order valence-electron chi connectivity index (χ4n) is 1.88. The molecule has 0 aliphatic rings. The fraction of sp³-hybridized carbons (Fsp3) is 0.500. The van der Waals surface area contributed by atoms with Crippen molar-refractivity contribution in [3.05, 3.63) is 29.3 Å². The van der Waals surface area contributed by atoms with E-state index in [0.29, 0.717) is 6.42 Å². The fourth-order valence-corrected chi connectivity index (χ4v) is 1.88. The van der Waals surface area contributed by atoms with Crippen molar-refractivity contribution in [2.45, 2.75) is 31.9 Å². The van der Waals surface area contributed by atoms with Crippen molar-refractivity contribution in [1.82, 2.24) is 0 Å². The Morgan fingerprint density at radius 2 is 2.11 bits per heavy atom. The highest BCUT2D eigenvalue weighted by Gasteiger charge is 2.20. The van der Waals surface area contributed by atoms with Crippen molar-refractivity contribution in [2.75, 3.05) is 14.2 Å². The maximum atomic E-state index is 11.0. The van der Waals surface area contributed by atoms with Gasteiger partial charge in [-0.2, -0.15) is 0 Å². The molecule has 5 nitrogen and oxygen atoms in total. The highest BCUT2D eigenvalue weighted by molar-refractivity contribution is 5.69. The van der Waals surface area contributed by atoms with Crippen LogP contribution in [0.2, 0.25) is 0 Å². The summed E-state index contributed by atoms with van der Waals surface area (Å²) in [4.78, 5) is 11.0. The molecule has 0 aromatic heterocycles. The molecule has 0 aliphatic carbocycles. The van der Waals surface area contributed by atoms with Gasteiger partial charge in [0.2, 0.25) is 0 Å². The molecule has 1 aromatic carbocycles. The summed E-state index contributed by atoms with van der Waals surface area (Å²) in [5, 5.41) is 10.2. The van der Waals surface area contributed by atoms with E-state index in [-0.39, 0.29) is 12.4 Å². The van der Waals surface area contributed by atoms with Crippen LogP contribution < -0.4 is 10.5 Å². The van der Waals surface area contributed by atoms with Gasteiger partial charge in [-0.1, -0.05) is 6.07 Å². The standard InChI is InChI=1S/C14H21NO4/c1-9-8-10(18-2)4-5-11(9)14(17)12(15)6-7-13(16)19-3/h4-5,8,12,14,17H,6-7,15H2,1-3H3. The smallest absolute Gasteiger partial charge is 0.305 e. The molecule has 0 heterocycles. The van der Waals surface area contributed by atoms with E-state index < -0.39 is 12.1 Å². The van der Waals surface area contributed by atoms with Gasteiger partial charge in [0.05, 0.1) is 20.3 Å². The van der Waals surface area contributed by atoms with Crippen LogP contribution >= 0.6 is 0 Å². The number of carbonyl (C=O) groups is 1. The number of methoxy groups -OCH3 is 2. The molecule has 106 valence electrons. The van der Waals surface area contributed by atoms with Gasteiger partial charge in [0.15, 0.2) is 0 Å². The Bertz CT molecular complexity index is 433. The summed E-state index contributed by atoms with van der Waals surface area (Å²) in [5.41, 5.74) is 7.55. The van der Waals surface area contributed by atoms with Crippen LogP contribution in [0, 0.1) is 6.92 Å². The van der Waals surface area contributed by atoms with Crippen molar-refractivity contribution < 1.29 is 19.4 Å². The first-order valence-corrected chi connectivity index (χ1v) is 6.14. The third kappa shape index (κ3) is 4.22. The van der Waals surface area contributed by atoms with Crippen LogP contribution in [0.5, 0.6) is 5.75 Å². The monoisotopic (exact) mass is 267 g/mol. The zero-order valence-corrected chi connectivity index (χ0v) is 11.6. The quantitative estimate of drug-likeness (QED) is 0.760. The summed E-state index contributed by atoms with van der Waals surface area (Å²) < 4.78 is 9.66. The average Bonchev–Trinajstić information content (AvgIpc) is 2.43. The molecule has 0 bridgehead atoms. The number of rotatable bonds is 6. The van der Waals surface area contributed by atoms with Crippen molar-refractivity contribution in [2.24, 2.45) is 5.73 Å². The summed E-state index contributed by atoms with van der Waals surface area (Å²) in [7, 11) is 2.92. The summed E-state index contributed by atoms with van der Waals surface area (Å²) in [6, 6.07) is 4.90. The molecule has 2 atom stereocenters. The normalized spacial score (nSPS) is 13.7. The van der Waals surface area contributed by atoms with Crippen LogP contribution in [0.1, 0.15) is 30.1 Å². The second kappa shape index (κ2) is 7.11. The highest BCUT2D eigenvalue weighted by atomic mass is 16.5. The molecule has 19 heavy (non-hydrogen) atoms. The number of carbonyl (C=O) groups excluding carboxylic acids is 1. The molecular weight excluding hydrogens is 246 g/mol. The Morgan fingerprint density at radius 1 is 1.42 bits per heavy atom. The second-order valence-electron chi connectivity index (χ2n) is 4.45. The van der Waals surface area contributed by atoms with Crippen molar-refractivity contribution in [1.29, 1.82) is 0 Å². The first-order valence-electron chi connectivity index (χ1n) is 6.14. The maximum absolute atomic E-state index is 11.0. The number of ether oxygens (including phenoxy) is 2. The van der Waals surface area contributed by atoms with Crippen molar-refractivity contribution in [3.8, 4) is 5.75 Å². The van der Waals surface area contributed by atoms with E-state index in [0.717, 1.165) is 16.9 Å². The Balaban J connectivity index is 2.71. The topological polar surface area (TPSA) is 81.8 Å². The van der Waals surface area contributed by atoms with Crippen LogP contribution in [-0.2, 0) is 9.53 Å². The molecule has 0 spiro atoms. The van der Waals surface area contributed by atoms with Gasteiger partial charge >= 0.3 is 5.97 Å². The lowest BCUT2D eigenvalue weighted by Crippen LogP contribution is -2.29. The molecule has 0 fully saturated rings. The SMILES string of the molecule is COC(=O)CCC(N)C(O)c1ccc(OC)cc1C. The molecular formula is C14H21NO4. The number of hydrogen-bond acceptors (Lipinski definition) is 5. The number of hydrogen-bond donors (Lipinski definition) is 2. The van der Waals surface area contributed by atoms with Crippen LogP contribution in [0.4, 0.5) is 0 Å². The second-order valence-corrected chi connectivity index (χ2v) is 4.45. The molecule has 0 saturated heterocycles. The third-order valence-electron chi connectivity index (χ3n) is 3.11. The third-order valence-corrected chi connectivity index (χ3v) is 3.11. The van der Waals surface area contributed by atoms with E-state index >= 15 is 0 Å².